The summed E-state index contributed by atoms with van der Waals surface area (Å²) >= 11 is 0. The molecule has 0 heterocycles. The molecule has 0 atom stereocenters. The molecule has 2 N–H and O–H groups in total. The quantitative estimate of drug-likeness (QED) is 0.396. The summed E-state index contributed by atoms with van der Waals surface area (Å²) in [6.07, 6.45) is 0. The van der Waals surface area contributed by atoms with Gasteiger partial charge in [-0.05, 0) is 0 Å². The van der Waals surface area contributed by atoms with Crippen molar-refractivity contribution in [3.63, 3.8) is 0 Å². The Kier molecular flexibility index (Phi) is 21.2. The second-order valence-electron chi connectivity index (χ2n) is 0.402. The number of rotatable bonds is 0. The molecule has 0 spiro atoms. The van der Waals surface area contributed by atoms with Crippen LogP contribution in [0.3, 0.4) is 0 Å². The smallest absolute Gasteiger partial charge is 0.282 e. The Hall–Kier alpha value is 0.834. The van der Waals surface area contributed by atoms with Crippen molar-refractivity contribution in [1.29, 1.82) is 0 Å². The summed E-state index contributed by atoms with van der Waals surface area (Å²) in [5.41, 5.74) is 0. The van der Waals surface area contributed by atoms with Gasteiger partial charge in [0.25, 0.3) is 21.6 Å². The van der Waals surface area contributed by atoms with Crippen LogP contribution in [0.5, 0.6) is 0 Å². The fourth-order valence-electron chi connectivity index (χ4n) is 0. The molecular formula is H2Cl2NiO6. The number of hydrogen-bond acceptors (Lipinski definition) is 6. The third-order valence-corrected chi connectivity index (χ3v) is 0. The molecule has 0 radical (unpaired) electrons. The van der Waals surface area contributed by atoms with E-state index in [-0.39, 0.29) is 16.5 Å². The van der Waals surface area contributed by atoms with Gasteiger partial charge in [-0.15, -0.1) is 0 Å². The zero-order chi connectivity index (χ0) is 7.15. The zero-order valence-electron chi connectivity index (χ0n) is 3.60. The summed E-state index contributed by atoms with van der Waals surface area (Å²) in [5, 5.41) is 0. The molecule has 62 valence electrons. The first-order valence-corrected chi connectivity index (χ1v) is 2.87. The van der Waals surface area contributed by atoms with Gasteiger partial charge in [-0.2, -0.15) is 0 Å². The fourth-order valence-corrected chi connectivity index (χ4v) is 0. The van der Waals surface area contributed by atoms with Crippen LogP contribution in [0.4, 0.5) is 0 Å². The van der Waals surface area contributed by atoms with Crippen LogP contribution >= 0.6 is 0 Å². The Morgan fingerprint density at radius 2 is 0.778 bits per heavy atom. The molecule has 0 saturated heterocycles. The van der Waals surface area contributed by atoms with Crippen LogP contribution in [0.1, 0.15) is 0 Å². The van der Waals surface area contributed by atoms with E-state index >= 15 is 0 Å². The van der Waals surface area contributed by atoms with Gasteiger partial charge >= 0.3 is 0 Å². The average Bonchev–Trinajstić information content (AvgIpc) is 1.25. The first kappa shape index (κ1) is 16.4. The van der Waals surface area contributed by atoms with Crippen molar-refractivity contribution in [2.24, 2.45) is 0 Å². The van der Waals surface area contributed by atoms with Crippen LogP contribution < -0.4 is 18.6 Å². The van der Waals surface area contributed by atoms with Crippen LogP contribution in [-0.4, -0.2) is 9.32 Å². The van der Waals surface area contributed by atoms with Crippen LogP contribution in [0.2, 0.25) is 0 Å². The Morgan fingerprint density at radius 1 is 0.778 bits per heavy atom. The van der Waals surface area contributed by atoms with E-state index < -0.39 is 21.6 Å². The molecule has 0 fully saturated rings. The van der Waals surface area contributed by atoms with Gasteiger partial charge in [0.05, 0.1) is 0 Å². The van der Waals surface area contributed by atoms with Gasteiger partial charge in [0.15, 0.2) is 0 Å². The molecule has 6 nitrogen and oxygen atoms in total. The van der Waals surface area contributed by atoms with Gasteiger partial charge in [-0.25, -0.2) is 0 Å². The third-order valence-electron chi connectivity index (χ3n) is 0. The molecule has 0 aromatic rings. The van der Waals surface area contributed by atoms with Crippen molar-refractivity contribution >= 4 is 0 Å². The van der Waals surface area contributed by atoms with Crippen molar-refractivity contribution in [2.75, 3.05) is 0 Å². The fraction of sp³-hybridized carbons (Fsp3) is 0. The SMILES string of the molecule is [Ni].[O-][Cl+2]([O-])O.[O-][Cl+2]([O-])O. The van der Waals surface area contributed by atoms with E-state index in [4.69, 9.17) is 28.0 Å². The van der Waals surface area contributed by atoms with Crippen LogP contribution in [0, 0.1) is 21.6 Å². The molecule has 0 aliphatic carbocycles. The maximum Gasteiger partial charge on any atom is 0.282 e. The second-order valence-corrected chi connectivity index (χ2v) is 1.21. The summed E-state index contributed by atoms with van der Waals surface area (Å²) in [6, 6.07) is 0. The standard InChI is InChI=1S/2ClHO3.Ni/c2*2-1(3)4;/h2*2H;. The van der Waals surface area contributed by atoms with E-state index in [9.17, 15) is 0 Å². The van der Waals surface area contributed by atoms with Gasteiger partial charge in [-0.3, -0.25) is 0 Å². The predicted octanol–water partition coefficient (Wildman–Crippen LogP) is -5.87. The zero-order valence-corrected chi connectivity index (χ0v) is 6.10. The summed E-state index contributed by atoms with van der Waals surface area (Å²) in [6.45, 7) is 0. The number of halogens is 2. The molecule has 0 amide bonds. The van der Waals surface area contributed by atoms with Gasteiger partial charge in [-0.1, -0.05) is 0 Å². The van der Waals surface area contributed by atoms with Crippen molar-refractivity contribution in [3.05, 3.63) is 0 Å². The molecule has 0 aliphatic rings. The van der Waals surface area contributed by atoms with Gasteiger partial charge in [0.1, 0.15) is 0 Å². The molecular weight excluding hydrogens is 226 g/mol. The molecule has 0 aliphatic heterocycles. The topological polar surface area (TPSA) is 133 Å². The van der Waals surface area contributed by atoms with Crippen LogP contribution in [0.15, 0.2) is 0 Å². The molecule has 0 rings (SSSR count). The number of hydrogen-bond donors (Lipinski definition) is 2. The van der Waals surface area contributed by atoms with Crippen molar-refractivity contribution in [3.8, 4) is 0 Å². The Morgan fingerprint density at radius 3 is 0.778 bits per heavy atom. The van der Waals surface area contributed by atoms with E-state index in [2.05, 4.69) is 0 Å². The summed E-state index contributed by atoms with van der Waals surface area (Å²) in [4.78, 5) is 0. The van der Waals surface area contributed by atoms with E-state index in [1.165, 1.54) is 0 Å². The molecule has 0 unspecified atom stereocenters. The Labute approximate surface area is 66.5 Å². The maximum atomic E-state index is 8.52. The summed E-state index contributed by atoms with van der Waals surface area (Å²) in [5.74, 6) is 0. The summed E-state index contributed by atoms with van der Waals surface area (Å²) in [7, 11) is -5.20. The normalized spacial score (nSPS) is 8.00. The van der Waals surface area contributed by atoms with Crippen LogP contribution in [-0.2, 0) is 16.5 Å². The molecule has 0 saturated carbocycles. The minimum Gasteiger partial charge on any atom is -0.321 e. The predicted molar refractivity (Wildman–Crippen MR) is 4.44 cm³/mol. The first-order chi connectivity index (χ1) is 3.46. The van der Waals surface area contributed by atoms with E-state index in [1.54, 1.807) is 0 Å². The van der Waals surface area contributed by atoms with E-state index in [0.29, 0.717) is 0 Å². The van der Waals surface area contributed by atoms with Crippen LogP contribution in [0.25, 0.3) is 0 Å². The molecule has 0 aromatic carbocycles. The monoisotopic (exact) mass is 226 g/mol. The van der Waals surface area contributed by atoms with E-state index in [1.807, 2.05) is 0 Å². The maximum absolute atomic E-state index is 8.52. The van der Waals surface area contributed by atoms with Crippen molar-refractivity contribution in [2.45, 2.75) is 0 Å². The molecule has 9 heteroatoms. The Balaban J connectivity index is -0.0000000720. The third kappa shape index (κ3) is 594. The first-order valence-electron chi connectivity index (χ1n) is 0.955. The largest absolute Gasteiger partial charge is 0.321 e. The second kappa shape index (κ2) is 11.6. The Bertz CT molecular complexity index is 26.5. The minimum atomic E-state index is -2.60. The average molecular weight is 228 g/mol. The van der Waals surface area contributed by atoms with Gasteiger partial charge < -0.3 is 18.6 Å². The van der Waals surface area contributed by atoms with Crippen molar-refractivity contribution in [1.82, 2.24) is 0 Å². The van der Waals surface area contributed by atoms with E-state index in [0.717, 1.165) is 0 Å². The van der Waals surface area contributed by atoms with Gasteiger partial charge in [0.2, 0.25) is 0 Å². The summed E-state index contributed by atoms with van der Waals surface area (Å²) < 4.78 is 47.9. The van der Waals surface area contributed by atoms with Gasteiger partial charge in [0, 0.05) is 25.8 Å². The van der Waals surface area contributed by atoms with Crippen molar-refractivity contribution < 1.29 is 66.0 Å². The minimum absolute atomic E-state index is 0. The molecule has 9 heavy (non-hydrogen) atoms. The molecule has 0 bridgehead atoms. The molecule has 0 aromatic heterocycles.